The number of thioether (sulfide) groups is 1. The predicted molar refractivity (Wildman–Crippen MR) is 91.0 cm³/mol. The van der Waals surface area contributed by atoms with Gasteiger partial charge in [0.2, 0.25) is 0 Å². The topological polar surface area (TPSA) is 57.8 Å². The minimum absolute atomic E-state index is 0.127. The molecule has 4 nitrogen and oxygen atoms in total. The van der Waals surface area contributed by atoms with Crippen LogP contribution in [0.3, 0.4) is 0 Å². The third kappa shape index (κ3) is 3.49. The van der Waals surface area contributed by atoms with Crippen LogP contribution in [0, 0.1) is 0 Å². The Bertz CT molecular complexity index is 755. The number of carbonyl (C=O) groups excluding carboxylic acids is 1. The van der Waals surface area contributed by atoms with E-state index in [0.29, 0.717) is 12.2 Å². The number of carbonyl (C=O) groups is 1. The highest BCUT2D eigenvalue weighted by Gasteiger charge is 2.12. The smallest absolute Gasteiger partial charge is 0.272 e. The molecular formula is C17H17N3OS. The fourth-order valence-electron chi connectivity index (χ4n) is 2.22. The molecule has 0 fully saturated rings. The molecule has 1 amide bonds. The van der Waals surface area contributed by atoms with Crippen molar-refractivity contribution in [3.8, 4) is 0 Å². The number of para-hydroxylation sites is 1. The van der Waals surface area contributed by atoms with Gasteiger partial charge in [-0.25, -0.2) is 0 Å². The second-order valence-electron chi connectivity index (χ2n) is 4.91. The maximum Gasteiger partial charge on any atom is 0.272 e. The predicted octanol–water partition coefficient (Wildman–Crippen LogP) is 3.23. The second kappa shape index (κ2) is 7.13. The number of rotatable bonds is 6. The lowest BCUT2D eigenvalue weighted by Crippen LogP contribution is -2.26. The van der Waals surface area contributed by atoms with Gasteiger partial charge in [-0.1, -0.05) is 48.5 Å². The van der Waals surface area contributed by atoms with E-state index in [1.54, 1.807) is 11.8 Å². The molecule has 3 rings (SSSR count). The summed E-state index contributed by atoms with van der Waals surface area (Å²) in [5.74, 6) is 1.71. The lowest BCUT2D eigenvalue weighted by Gasteiger charge is -2.04. The first-order valence-electron chi connectivity index (χ1n) is 7.17. The van der Waals surface area contributed by atoms with Gasteiger partial charge in [0.15, 0.2) is 5.69 Å². The van der Waals surface area contributed by atoms with Crippen molar-refractivity contribution in [1.82, 2.24) is 15.5 Å². The van der Waals surface area contributed by atoms with E-state index in [2.05, 4.69) is 27.6 Å². The molecule has 2 aromatic carbocycles. The molecule has 0 atom stereocenters. The minimum atomic E-state index is -0.127. The van der Waals surface area contributed by atoms with Gasteiger partial charge in [-0.05, 0) is 11.6 Å². The van der Waals surface area contributed by atoms with E-state index in [4.69, 9.17) is 0 Å². The van der Waals surface area contributed by atoms with Crippen LogP contribution in [0.2, 0.25) is 0 Å². The monoisotopic (exact) mass is 311 g/mol. The maximum absolute atomic E-state index is 12.2. The summed E-state index contributed by atoms with van der Waals surface area (Å²) in [5, 5.41) is 10.8. The Morgan fingerprint density at radius 3 is 2.73 bits per heavy atom. The molecule has 0 aliphatic heterocycles. The first-order valence-corrected chi connectivity index (χ1v) is 8.33. The van der Waals surface area contributed by atoms with Gasteiger partial charge in [0, 0.05) is 23.4 Å². The molecule has 112 valence electrons. The molecular weight excluding hydrogens is 294 g/mol. The summed E-state index contributed by atoms with van der Waals surface area (Å²) < 4.78 is 0. The normalized spacial score (nSPS) is 10.7. The van der Waals surface area contributed by atoms with Crippen molar-refractivity contribution in [1.29, 1.82) is 0 Å². The molecule has 0 unspecified atom stereocenters. The average Bonchev–Trinajstić information content (AvgIpc) is 2.99. The molecule has 3 aromatic rings. The molecule has 1 heterocycles. The van der Waals surface area contributed by atoms with Crippen molar-refractivity contribution in [3.63, 3.8) is 0 Å². The summed E-state index contributed by atoms with van der Waals surface area (Å²) in [6, 6.07) is 18.0. The van der Waals surface area contributed by atoms with Crippen molar-refractivity contribution in [2.75, 3.05) is 12.3 Å². The van der Waals surface area contributed by atoms with Crippen LogP contribution < -0.4 is 5.32 Å². The van der Waals surface area contributed by atoms with Gasteiger partial charge in [-0.3, -0.25) is 9.89 Å². The number of nitrogens with one attached hydrogen (secondary N) is 2. The molecule has 0 radical (unpaired) electrons. The third-order valence-electron chi connectivity index (χ3n) is 3.33. The molecule has 0 saturated heterocycles. The van der Waals surface area contributed by atoms with Gasteiger partial charge in [-0.2, -0.15) is 16.9 Å². The molecule has 22 heavy (non-hydrogen) atoms. The largest absolute Gasteiger partial charge is 0.350 e. The number of H-pyrrole nitrogens is 1. The molecule has 0 saturated carbocycles. The van der Waals surface area contributed by atoms with Gasteiger partial charge in [0.05, 0.1) is 5.52 Å². The highest BCUT2D eigenvalue weighted by atomic mass is 32.2. The average molecular weight is 311 g/mol. The molecule has 5 heteroatoms. The Balaban J connectivity index is 1.47. The van der Waals surface area contributed by atoms with Crippen molar-refractivity contribution in [2.24, 2.45) is 0 Å². The van der Waals surface area contributed by atoms with Crippen LogP contribution in [-0.2, 0) is 5.75 Å². The number of benzene rings is 2. The van der Waals surface area contributed by atoms with E-state index in [0.717, 1.165) is 22.4 Å². The van der Waals surface area contributed by atoms with Crippen molar-refractivity contribution >= 4 is 28.6 Å². The summed E-state index contributed by atoms with van der Waals surface area (Å²) in [6.45, 7) is 0.636. The lowest BCUT2D eigenvalue weighted by molar-refractivity contribution is 0.0953. The molecule has 2 N–H and O–H groups in total. The number of nitrogens with zero attached hydrogens (tertiary/aromatic N) is 1. The number of hydrogen-bond donors (Lipinski definition) is 2. The fourth-order valence-corrected chi connectivity index (χ4v) is 3.04. The number of amides is 1. The Morgan fingerprint density at radius 1 is 1.09 bits per heavy atom. The third-order valence-corrected chi connectivity index (χ3v) is 4.36. The number of aromatic nitrogens is 2. The molecule has 0 spiro atoms. The zero-order valence-corrected chi connectivity index (χ0v) is 12.9. The van der Waals surface area contributed by atoms with Crippen LogP contribution in [0.15, 0.2) is 54.6 Å². The summed E-state index contributed by atoms with van der Waals surface area (Å²) in [6.07, 6.45) is 0. The number of aromatic amines is 1. The summed E-state index contributed by atoms with van der Waals surface area (Å²) >= 11 is 1.81. The second-order valence-corrected chi connectivity index (χ2v) is 6.02. The SMILES string of the molecule is O=C(NCCSCc1ccccc1)c1n[nH]c2ccccc12. The van der Waals surface area contributed by atoms with Gasteiger partial charge < -0.3 is 5.32 Å². The van der Waals surface area contributed by atoms with E-state index in [9.17, 15) is 4.79 Å². The number of hydrogen-bond acceptors (Lipinski definition) is 3. The Morgan fingerprint density at radius 2 is 1.86 bits per heavy atom. The van der Waals surface area contributed by atoms with E-state index in [1.165, 1.54) is 5.56 Å². The Labute approximate surface area is 133 Å². The zero-order chi connectivity index (χ0) is 15.2. The van der Waals surface area contributed by atoms with Crippen LogP contribution in [0.25, 0.3) is 10.9 Å². The Hall–Kier alpha value is -2.27. The molecule has 0 aliphatic rings. The summed E-state index contributed by atoms with van der Waals surface area (Å²) in [5.41, 5.74) is 2.65. The van der Waals surface area contributed by atoms with Crippen LogP contribution in [0.1, 0.15) is 16.1 Å². The molecule has 0 aliphatic carbocycles. The lowest BCUT2D eigenvalue weighted by atomic mass is 10.2. The molecule has 1 aromatic heterocycles. The Kier molecular flexibility index (Phi) is 4.75. The first kappa shape index (κ1) is 14.7. The van der Waals surface area contributed by atoms with E-state index >= 15 is 0 Å². The van der Waals surface area contributed by atoms with Crippen molar-refractivity contribution < 1.29 is 4.79 Å². The number of fused-ring (bicyclic) bond motifs is 1. The van der Waals surface area contributed by atoms with Gasteiger partial charge in [0.25, 0.3) is 5.91 Å². The maximum atomic E-state index is 12.2. The van der Waals surface area contributed by atoms with Gasteiger partial charge >= 0.3 is 0 Å². The zero-order valence-electron chi connectivity index (χ0n) is 12.1. The fraction of sp³-hybridized carbons (Fsp3) is 0.176. The summed E-state index contributed by atoms with van der Waals surface area (Å²) in [4.78, 5) is 12.2. The van der Waals surface area contributed by atoms with E-state index < -0.39 is 0 Å². The minimum Gasteiger partial charge on any atom is -0.350 e. The van der Waals surface area contributed by atoms with Crippen LogP contribution in [-0.4, -0.2) is 28.4 Å². The summed E-state index contributed by atoms with van der Waals surface area (Å²) in [7, 11) is 0. The van der Waals surface area contributed by atoms with Crippen molar-refractivity contribution in [3.05, 3.63) is 65.9 Å². The van der Waals surface area contributed by atoms with Gasteiger partial charge in [-0.15, -0.1) is 0 Å². The quantitative estimate of drug-likeness (QED) is 0.687. The standard InChI is InChI=1S/C17H17N3OS/c21-17(16-14-8-4-5-9-15(14)19-20-16)18-10-11-22-12-13-6-2-1-3-7-13/h1-9H,10-12H2,(H,18,21)(H,19,20). The highest BCUT2D eigenvalue weighted by molar-refractivity contribution is 7.98. The van der Waals surface area contributed by atoms with E-state index in [-0.39, 0.29) is 5.91 Å². The van der Waals surface area contributed by atoms with Crippen LogP contribution >= 0.6 is 11.8 Å². The van der Waals surface area contributed by atoms with Crippen LogP contribution in [0.4, 0.5) is 0 Å². The van der Waals surface area contributed by atoms with Crippen LogP contribution in [0.5, 0.6) is 0 Å². The van der Waals surface area contributed by atoms with E-state index in [1.807, 2.05) is 42.5 Å². The highest BCUT2D eigenvalue weighted by Crippen LogP contribution is 2.15. The van der Waals surface area contributed by atoms with Crippen molar-refractivity contribution in [2.45, 2.75) is 5.75 Å². The molecule has 0 bridgehead atoms. The first-order chi connectivity index (χ1) is 10.8. The van der Waals surface area contributed by atoms with Gasteiger partial charge in [0.1, 0.15) is 0 Å².